The second kappa shape index (κ2) is 9.16. The van der Waals surface area contributed by atoms with Gasteiger partial charge in [0, 0.05) is 41.3 Å². The number of thiazole rings is 1. The first-order valence-electron chi connectivity index (χ1n) is 9.71. The van der Waals surface area contributed by atoms with E-state index in [0.29, 0.717) is 16.1 Å². The third-order valence-electron chi connectivity index (χ3n) is 4.52. The number of anilines is 1. The number of nitrogens with one attached hydrogen (secondary N) is 1. The van der Waals surface area contributed by atoms with Crippen LogP contribution >= 0.6 is 23.1 Å². The SMILES string of the molecule is O=C(CSc1nnc(-c2ccncc2)n1-n1cccc1)Nc1nc(-c2ccccc2)cs1. The lowest BCUT2D eigenvalue weighted by Gasteiger charge is -2.11. The van der Waals surface area contributed by atoms with Crippen LogP contribution in [0.5, 0.6) is 0 Å². The van der Waals surface area contributed by atoms with Crippen molar-refractivity contribution in [2.24, 2.45) is 0 Å². The van der Waals surface area contributed by atoms with Crippen molar-refractivity contribution < 1.29 is 4.79 Å². The monoisotopic (exact) mass is 459 g/mol. The molecule has 0 aliphatic heterocycles. The van der Waals surface area contributed by atoms with Crippen LogP contribution in [0, 0.1) is 0 Å². The van der Waals surface area contributed by atoms with Crippen LogP contribution in [0.4, 0.5) is 5.13 Å². The minimum Gasteiger partial charge on any atom is -0.301 e. The molecule has 4 heterocycles. The maximum atomic E-state index is 12.6. The molecule has 0 saturated carbocycles. The molecule has 0 fully saturated rings. The summed E-state index contributed by atoms with van der Waals surface area (Å²) < 4.78 is 3.74. The molecule has 1 amide bonds. The quantitative estimate of drug-likeness (QED) is 0.365. The third-order valence-corrected chi connectivity index (χ3v) is 6.20. The zero-order valence-electron chi connectivity index (χ0n) is 16.7. The molecule has 0 spiro atoms. The van der Waals surface area contributed by atoms with Crippen molar-refractivity contribution in [3.05, 3.63) is 84.8 Å². The van der Waals surface area contributed by atoms with E-state index in [1.54, 1.807) is 12.4 Å². The zero-order valence-corrected chi connectivity index (χ0v) is 18.3. The van der Waals surface area contributed by atoms with E-state index in [0.717, 1.165) is 16.8 Å². The lowest BCUT2D eigenvalue weighted by atomic mass is 10.2. The molecule has 5 rings (SSSR count). The molecule has 8 nitrogen and oxygen atoms in total. The largest absolute Gasteiger partial charge is 0.301 e. The van der Waals surface area contributed by atoms with Crippen LogP contribution in [-0.4, -0.2) is 41.2 Å². The van der Waals surface area contributed by atoms with E-state index in [-0.39, 0.29) is 11.7 Å². The molecule has 0 atom stereocenters. The third kappa shape index (κ3) is 4.32. The molecule has 10 heteroatoms. The van der Waals surface area contributed by atoms with Gasteiger partial charge in [-0.25, -0.2) is 9.66 Å². The first kappa shape index (κ1) is 20.2. The summed E-state index contributed by atoms with van der Waals surface area (Å²) in [5.41, 5.74) is 2.74. The van der Waals surface area contributed by atoms with E-state index in [4.69, 9.17) is 0 Å². The summed E-state index contributed by atoms with van der Waals surface area (Å²) in [5, 5.41) is 14.6. The fraction of sp³-hybridized carbons (Fsp3) is 0.0455. The fourth-order valence-electron chi connectivity index (χ4n) is 3.06. The number of rotatable bonds is 7. The van der Waals surface area contributed by atoms with Crippen molar-refractivity contribution in [1.82, 2.24) is 29.5 Å². The predicted octanol–water partition coefficient (Wildman–Crippen LogP) is 4.31. The van der Waals surface area contributed by atoms with Gasteiger partial charge in [0.05, 0.1) is 11.4 Å². The number of thioether (sulfide) groups is 1. The number of benzene rings is 1. The van der Waals surface area contributed by atoms with Crippen LogP contribution in [0.1, 0.15) is 0 Å². The van der Waals surface area contributed by atoms with Crippen molar-refractivity contribution in [2.75, 3.05) is 11.1 Å². The van der Waals surface area contributed by atoms with Gasteiger partial charge in [-0.05, 0) is 24.3 Å². The van der Waals surface area contributed by atoms with Gasteiger partial charge in [-0.2, -0.15) is 0 Å². The summed E-state index contributed by atoms with van der Waals surface area (Å²) in [4.78, 5) is 21.1. The Balaban J connectivity index is 1.30. The second-order valence-corrected chi connectivity index (χ2v) is 8.46. The molecule has 5 aromatic rings. The number of hydrogen-bond acceptors (Lipinski definition) is 7. The molecule has 1 N–H and O–H groups in total. The normalized spacial score (nSPS) is 10.9. The first-order chi connectivity index (χ1) is 15.8. The molecule has 32 heavy (non-hydrogen) atoms. The highest BCUT2D eigenvalue weighted by Gasteiger charge is 2.17. The van der Waals surface area contributed by atoms with Crippen molar-refractivity contribution >= 4 is 34.1 Å². The van der Waals surface area contributed by atoms with E-state index in [1.165, 1.54) is 23.1 Å². The van der Waals surface area contributed by atoms with Crippen molar-refractivity contribution in [2.45, 2.75) is 5.16 Å². The maximum Gasteiger partial charge on any atom is 0.236 e. The van der Waals surface area contributed by atoms with Gasteiger partial charge in [0.15, 0.2) is 11.0 Å². The van der Waals surface area contributed by atoms with Crippen LogP contribution in [0.25, 0.3) is 22.6 Å². The van der Waals surface area contributed by atoms with Gasteiger partial charge < -0.3 is 5.32 Å². The number of amides is 1. The van der Waals surface area contributed by atoms with E-state index in [2.05, 4.69) is 25.5 Å². The summed E-state index contributed by atoms with van der Waals surface area (Å²) in [6.07, 6.45) is 7.22. The zero-order chi connectivity index (χ0) is 21.8. The molecule has 0 aliphatic carbocycles. The number of aromatic nitrogens is 6. The maximum absolute atomic E-state index is 12.6. The summed E-state index contributed by atoms with van der Waals surface area (Å²) in [6.45, 7) is 0. The Morgan fingerprint density at radius 1 is 0.969 bits per heavy atom. The molecule has 4 aromatic heterocycles. The van der Waals surface area contributed by atoms with Crippen LogP contribution in [0.2, 0.25) is 0 Å². The van der Waals surface area contributed by atoms with Crippen molar-refractivity contribution in [3.8, 4) is 22.6 Å². The number of pyridine rings is 1. The molecular weight excluding hydrogens is 442 g/mol. The topological polar surface area (TPSA) is 90.5 Å². The minimum absolute atomic E-state index is 0.156. The smallest absolute Gasteiger partial charge is 0.236 e. The highest BCUT2D eigenvalue weighted by molar-refractivity contribution is 7.99. The van der Waals surface area contributed by atoms with E-state index in [9.17, 15) is 4.79 Å². The summed E-state index contributed by atoms with van der Waals surface area (Å²) in [5.74, 6) is 0.686. The van der Waals surface area contributed by atoms with Crippen molar-refractivity contribution in [3.63, 3.8) is 0 Å². The average Bonchev–Trinajstić information content (AvgIpc) is 3.59. The summed E-state index contributed by atoms with van der Waals surface area (Å²) in [6, 6.07) is 17.5. The number of nitrogens with zero attached hydrogens (tertiary/aromatic N) is 6. The standard InChI is InChI=1S/C22H17N7OS2/c30-19(25-21-24-18(14-31-21)16-6-2-1-3-7-16)15-32-22-27-26-20(17-8-10-23-11-9-17)29(22)28-12-4-5-13-28/h1-14H,15H2,(H,24,25,30). The molecule has 1 aromatic carbocycles. The highest BCUT2D eigenvalue weighted by Crippen LogP contribution is 2.26. The Hall–Kier alpha value is -3.76. The average molecular weight is 460 g/mol. The van der Waals surface area contributed by atoms with Crippen LogP contribution in [0.3, 0.4) is 0 Å². The Labute approximate surface area is 192 Å². The van der Waals surface area contributed by atoms with Crippen molar-refractivity contribution in [1.29, 1.82) is 0 Å². The molecule has 0 unspecified atom stereocenters. The van der Waals surface area contributed by atoms with Gasteiger partial charge in [-0.1, -0.05) is 42.1 Å². The first-order valence-corrected chi connectivity index (χ1v) is 11.6. The highest BCUT2D eigenvalue weighted by atomic mass is 32.2. The molecule has 0 saturated heterocycles. The van der Waals surface area contributed by atoms with Crippen LogP contribution in [0.15, 0.2) is 89.9 Å². The number of carbonyl (C=O) groups is 1. The van der Waals surface area contributed by atoms with E-state index in [1.807, 2.05) is 81.7 Å². The van der Waals surface area contributed by atoms with E-state index < -0.39 is 0 Å². The molecular formula is C22H17N7OS2. The van der Waals surface area contributed by atoms with Gasteiger partial charge in [0.1, 0.15) is 0 Å². The fourth-order valence-corrected chi connectivity index (χ4v) is 4.53. The lowest BCUT2D eigenvalue weighted by Crippen LogP contribution is -2.15. The van der Waals surface area contributed by atoms with Crippen LogP contribution in [-0.2, 0) is 4.79 Å². The van der Waals surface area contributed by atoms with Gasteiger partial charge in [-0.15, -0.1) is 21.5 Å². The number of hydrogen-bond donors (Lipinski definition) is 1. The van der Waals surface area contributed by atoms with Crippen LogP contribution < -0.4 is 5.32 Å². The second-order valence-electron chi connectivity index (χ2n) is 6.66. The van der Waals surface area contributed by atoms with Gasteiger partial charge in [0.2, 0.25) is 11.1 Å². The van der Waals surface area contributed by atoms with Gasteiger partial charge in [-0.3, -0.25) is 14.5 Å². The Morgan fingerprint density at radius 3 is 2.53 bits per heavy atom. The van der Waals surface area contributed by atoms with Gasteiger partial charge in [0.25, 0.3) is 0 Å². The predicted molar refractivity (Wildman–Crippen MR) is 125 cm³/mol. The molecule has 158 valence electrons. The van der Waals surface area contributed by atoms with E-state index >= 15 is 0 Å². The summed E-state index contributed by atoms with van der Waals surface area (Å²) in [7, 11) is 0. The number of carbonyl (C=O) groups excluding carboxylic acids is 1. The Bertz CT molecular complexity index is 1320. The van der Waals surface area contributed by atoms with Gasteiger partial charge >= 0.3 is 0 Å². The molecule has 0 bridgehead atoms. The Morgan fingerprint density at radius 2 is 1.75 bits per heavy atom. The molecule has 0 radical (unpaired) electrons. The summed E-state index contributed by atoms with van der Waals surface area (Å²) >= 11 is 2.71. The molecule has 0 aliphatic rings. The lowest BCUT2D eigenvalue weighted by molar-refractivity contribution is -0.113. The minimum atomic E-state index is -0.156. The Kier molecular flexibility index (Phi) is 5.77.